The van der Waals surface area contributed by atoms with E-state index in [2.05, 4.69) is 10.1 Å². The second-order valence-corrected chi connectivity index (χ2v) is 7.77. The van der Waals surface area contributed by atoms with Gasteiger partial charge in [-0.15, -0.1) is 11.3 Å². The Bertz CT molecular complexity index is 1380. The highest BCUT2D eigenvalue weighted by Crippen LogP contribution is 2.26. The first-order chi connectivity index (χ1) is 14.6. The Labute approximate surface area is 175 Å². The van der Waals surface area contributed by atoms with E-state index in [1.165, 1.54) is 0 Å². The van der Waals surface area contributed by atoms with Gasteiger partial charge in [-0.1, -0.05) is 6.07 Å². The van der Waals surface area contributed by atoms with E-state index >= 15 is 0 Å². The van der Waals surface area contributed by atoms with Gasteiger partial charge in [-0.05, 0) is 48.7 Å². The molecule has 7 nitrogen and oxygen atoms in total. The van der Waals surface area contributed by atoms with Crippen LogP contribution in [0.4, 0.5) is 0 Å². The number of thiophene rings is 1. The number of hydrogen-bond donors (Lipinski definition) is 0. The van der Waals surface area contributed by atoms with Gasteiger partial charge in [0.05, 0.1) is 24.2 Å². The predicted molar refractivity (Wildman–Crippen MR) is 115 cm³/mol. The summed E-state index contributed by atoms with van der Waals surface area (Å²) in [4.78, 5) is 18.6. The monoisotopic (exact) mass is 418 g/mol. The van der Waals surface area contributed by atoms with Crippen molar-refractivity contribution in [1.29, 1.82) is 0 Å². The van der Waals surface area contributed by atoms with E-state index in [4.69, 9.17) is 9.15 Å². The molecule has 0 saturated heterocycles. The highest BCUT2D eigenvalue weighted by Gasteiger charge is 2.15. The van der Waals surface area contributed by atoms with E-state index in [1.54, 1.807) is 46.0 Å². The standard InChI is InChI=1S/C22H18N4O3S/c1-14-18(23-21(29-14)20-4-3-11-30-20)13-25-9-10-26-19(22(25)27)12-17(24-26)15-5-7-16(28-2)8-6-15/h3-12H,13H2,1-2H3. The third-order valence-electron chi connectivity index (χ3n) is 4.93. The molecule has 0 aliphatic carbocycles. The van der Waals surface area contributed by atoms with E-state index < -0.39 is 0 Å². The fourth-order valence-electron chi connectivity index (χ4n) is 3.30. The second-order valence-electron chi connectivity index (χ2n) is 6.82. The van der Waals surface area contributed by atoms with E-state index in [0.717, 1.165) is 27.6 Å². The molecule has 0 radical (unpaired) electrons. The maximum atomic E-state index is 13.1. The van der Waals surface area contributed by atoms with Gasteiger partial charge in [0.15, 0.2) is 0 Å². The fourth-order valence-corrected chi connectivity index (χ4v) is 3.94. The van der Waals surface area contributed by atoms with Crippen LogP contribution < -0.4 is 10.3 Å². The Hall–Kier alpha value is -3.65. The molecule has 5 rings (SSSR count). The van der Waals surface area contributed by atoms with Gasteiger partial charge < -0.3 is 13.7 Å². The number of oxazole rings is 1. The summed E-state index contributed by atoms with van der Waals surface area (Å²) in [5.41, 5.74) is 2.75. The first kappa shape index (κ1) is 18.4. The molecular formula is C22H18N4O3S. The maximum Gasteiger partial charge on any atom is 0.276 e. The minimum Gasteiger partial charge on any atom is -0.497 e. The van der Waals surface area contributed by atoms with Crippen molar-refractivity contribution in [3.05, 3.63) is 82.0 Å². The Morgan fingerprint density at radius 1 is 1.17 bits per heavy atom. The number of methoxy groups -OCH3 is 1. The molecule has 0 atom stereocenters. The van der Waals surface area contributed by atoms with Crippen LogP contribution in [0.2, 0.25) is 0 Å². The fraction of sp³-hybridized carbons (Fsp3) is 0.136. The van der Waals surface area contributed by atoms with Crippen molar-refractivity contribution in [2.24, 2.45) is 0 Å². The van der Waals surface area contributed by atoms with Crippen LogP contribution in [0.1, 0.15) is 11.5 Å². The molecule has 0 fully saturated rings. The highest BCUT2D eigenvalue weighted by molar-refractivity contribution is 7.13. The first-order valence-electron chi connectivity index (χ1n) is 9.36. The number of aryl methyl sites for hydroxylation is 1. The largest absolute Gasteiger partial charge is 0.497 e. The lowest BCUT2D eigenvalue weighted by Crippen LogP contribution is -2.22. The van der Waals surface area contributed by atoms with Crippen molar-refractivity contribution >= 4 is 16.9 Å². The molecule has 1 aromatic carbocycles. The average Bonchev–Trinajstić information content (AvgIpc) is 3.50. The molecule has 30 heavy (non-hydrogen) atoms. The van der Waals surface area contributed by atoms with Crippen molar-refractivity contribution < 1.29 is 9.15 Å². The third-order valence-corrected chi connectivity index (χ3v) is 5.79. The summed E-state index contributed by atoms with van der Waals surface area (Å²) in [5.74, 6) is 2.06. The summed E-state index contributed by atoms with van der Waals surface area (Å²) in [6.45, 7) is 2.20. The lowest BCUT2D eigenvalue weighted by Gasteiger charge is -2.03. The number of nitrogens with zero attached hydrogens (tertiary/aromatic N) is 4. The van der Waals surface area contributed by atoms with E-state index in [9.17, 15) is 4.79 Å². The number of fused-ring (bicyclic) bond motifs is 1. The third kappa shape index (κ3) is 3.21. The second kappa shape index (κ2) is 7.31. The first-order valence-corrected chi connectivity index (χ1v) is 10.2. The van der Waals surface area contributed by atoms with Gasteiger partial charge in [0.1, 0.15) is 22.7 Å². The van der Waals surface area contributed by atoms with Gasteiger partial charge in [-0.2, -0.15) is 5.10 Å². The number of ether oxygens (including phenoxy) is 1. The number of benzene rings is 1. The zero-order valence-corrected chi connectivity index (χ0v) is 17.2. The average molecular weight is 418 g/mol. The van der Waals surface area contributed by atoms with Crippen LogP contribution in [-0.4, -0.2) is 26.3 Å². The molecule has 5 aromatic rings. The lowest BCUT2D eigenvalue weighted by atomic mass is 10.1. The van der Waals surface area contributed by atoms with Crippen molar-refractivity contribution in [2.75, 3.05) is 7.11 Å². The smallest absolute Gasteiger partial charge is 0.276 e. The number of hydrogen-bond acceptors (Lipinski definition) is 6. The number of rotatable bonds is 5. The zero-order chi connectivity index (χ0) is 20.7. The molecule has 0 aliphatic rings. The predicted octanol–water partition coefficient (Wildman–Crippen LogP) is 4.24. The zero-order valence-electron chi connectivity index (χ0n) is 16.4. The van der Waals surface area contributed by atoms with Crippen LogP contribution in [0.15, 0.2) is 69.5 Å². The van der Waals surface area contributed by atoms with Crippen molar-refractivity contribution in [1.82, 2.24) is 19.2 Å². The SMILES string of the molecule is COc1ccc(-c2cc3c(=O)n(Cc4nc(-c5cccs5)oc4C)ccn3n2)cc1. The van der Waals surface area contributed by atoms with Gasteiger partial charge in [-0.3, -0.25) is 4.79 Å². The van der Waals surface area contributed by atoms with Crippen molar-refractivity contribution in [2.45, 2.75) is 13.5 Å². The summed E-state index contributed by atoms with van der Waals surface area (Å²) in [6.07, 6.45) is 3.50. The molecule has 0 saturated carbocycles. The van der Waals surface area contributed by atoms with Crippen molar-refractivity contribution in [3.63, 3.8) is 0 Å². The molecule has 0 N–H and O–H groups in total. The summed E-state index contributed by atoms with van der Waals surface area (Å²) in [5, 5.41) is 6.51. The lowest BCUT2D eigenvalue weighted by molar-refractivity contribution is 0.415. The van der Waals surface area contributed by atoms with Gasteiger partial charge in [0, 0.05) is 18.0 Å². The van der Waals surface area contributed by atoms with Crippen LogP contribution in [0.3, 0.4) is 0 Å². The summed E-state index contributed by atoms with van der Waals surface area (Å²) >= 11 is 1.57. The Balaban J connectivity index is 1.49. The van der Waals surface area contributed by atoms with Gasteiger partial charge in [0.25, 0.3) is 5.56 Å². The van der Waals surface area contributed by atoms with Gasteiger partial charge in [0.2, 0.25) is 5.89 Å². The molecule has 0 unspecified atom stereocenters. The Morgan fingerprint density at radius 3 is 2.73 bits per heavy atom. The van der Waals surface area contributed by atoms with Crippen LogP contribution >= 0.6 is 11.3 Å². The highest BCUT2D eigenvalue weighted by atomic mass is 32.1. The van der Waals surface area contributed by atoms with Crippen LogP contribution in [0, 0.1) is 6.92 Å². The molecule has 0 bridgehead atoms. The quantitative estimate of drug-likeness (QED) is 0.427. The minimum absolute atomic E-state index is 0.134. The molecule has 4 aromatic heterocycles. The van der Waals surface area contributed by atoms with Gasteiger partial charge in [-0.25, -0.2) is 9.50 Å². The van der Waals surface area contributed by atoms with E-state index in [-0.39, 0.29) is 5.56 Å². The molecule has 0 amide bonds. The molecule has 150 valence electrons. The Morgan fingerprint density at radius 2 is 2.00 bits per heavy atom. The van der Waals surface area contributed by atoms with E-state index in [0.29, 0.717) is 23.7 Å². The normalized spacial score (nSPS) is 11.3. The number of aromatic nitrogens is 4. The van der Waals surface area contributed by atoms with Gasteiger partial charge >= 0.3 is 0 Å². The summed E-state index contributed by atoms with van der Waals surface area (Å²) in [7, 11) is 1.63. The summed E-state index contributed by atoms with van der Waals surface area (Å²) in [6, 6.07) is 13.3. The van der Waals surface area contributed by atoms with Crippen LogP contribution in [0.5, 0.6) is 5.75 Å². The molecule has 0 aliphatic heterocycles. The van der Waals surface area contributed by atoms with Crippen LogP contribution in [-0.2, 0) is 6.54 Å². The topological polar surface area (TPSA) is 74.6 Å². The molecule has 8 heteroatoms. The summed E-state index contributed by atoms with van der Waals surface area (Å²) < 4.78 is 14.2. The maximum absolute atomic E-state index is 13.1. The molecule has 0 spiro atoms. The molecule has 4 heterocycles. The van der Waals surface area contributed by atoms with Crippen LogP contribution in [0.25, 0.3) is 27.5 Å². The Kier molecular flexibility index (Phi) is 4.48. The van der Waals surface area contributed by atoms with E-state index in [1.807, 2.05) is 48.7 Å². The molecular weight excluding hydrogens is 400 g/mol. The minimum atomic E-state index is -0.134. The van der Waals surface area contributed by atoms with Crippen molar-refractivity contribution in [3.8, 4) is 27.8 Å².